The molecule has 1 nitrogen and oxygen atoms in total. The van der Waals surface area contributed by atoms with Crippen molar-refractivity contribution in [3.8, 4) is 0 Å². The molecule has 0 unspecified atom stereocenters. The van der Waals surface area contributed by atoms with Crippen LogP contribution in [0.4, 0.5) is 4.39 Å². The molecule has 0 amide bonds. The van der Waals surface area contributed by atoms with Gasteiger partial charge in [-0.3, -0.25) is 4.79 Å². The molecule has 1 heterocycles. The van der Waals surface area contributed by atoms with Gasteiger partial charge in [0.25, 0.3) is 0 Å². The number of hydrogen-bond donors (Lipinski definition) is 0. The minimum atomic E-state index is -0.361. The molecule has 2 aromatic rings. The van der Waals surface area contributed by atoms with E-state index >= 15 is 0 Å². The van der Waals surface area contributed by atoms with Crippen LogP contribution < -0.4 is 0 Å². The monoisotopic (exact) mass is 234 g/mol. The summed E-state index contributed by atoms with van der Waals surface area (Å²) in [6.45, 7) is 1.82. The van der Waals surface area contributed by atoms with Crippen molar-refractivity contribution >= 4 is 17.1 Å². The van der Waals surface area contributed by atoms with E-state index in [0.717, 1.165) is 10.4 Å². The van der Waals surface area contributed by atoms with Crippen molar-refractivity contribution in [3.05, 3.63) is 57.5 Å². The van der Waals surface area contributed by atoms with E-state index in [0.29, 0.717) is 12.0 Å². The minimum Gasteiger partial charge on any atom is -0.294 e. The molecule has 0 atom stereocenters. The van der Waals surface area contributed by atoms with E-state index in [-0.39, 0.29) is 11.6 Å². The summed E-state index contributed by atoms with van der Waals surface area (Å²) in [7, 11) is 0. The number of hydrogen-bond acceptors (Lipinski definition) is 2. The summed E-state index contributed by atoms with van der Waals surface area (Å²) in [4.78, 5) is 12.9. The van der Waals surface area contributed by atoms with Gasteiger partial charge in [0.15, 0.2) is 5.78 Å². The number of Topliss-reactive ketones (excluding diaryl/α,β-unsaturated/α-hetero) is 1. The minimum absolute atomic E-state index is 0.0283. The molecule has 0 aliphatic carbocycles. The molecule has 0 radical (unpaired) electrons. The van der Waals surface area contributed by atoms with Crippen LogP contribution in [0.5, 0.6) is 0 Å². The highest BCUT2D eigenvalue weighted by Gasteiger charge is 2.11. The normalized spacial score (nSPS) is 10.4. The summed E-state index contributed by atoms with van der Waals surface area (Å²) in [6.07, 6.45) is 0.349. The molecule has 0 N–H and O–H groups in total. The predicted molar refractivity (Wildman–Crippen MR) is 63.5 cm³/mol. The molecule has 0 bridgehead atoms. The summed E-state index contributed by atoms with van der Waals surface area (Å²) >= 11 is 1.54. The van der Waals surface area contributed by atoms with Crippen LogP contribution in [-0.4, -0.2) is 5.78 Å². The van der Waals surface area contributed by atoms with Gasteiger partial charge in [-0.2, -0.15) is 0 Å². The first-order valence-electron chi connectivity index (χ1n) is 4.98. The van der Waals surface area contributed by atoms with Crippen molar-refractivity contribution in [3.63, 3.8) is 0 Å². The maximum atomic E-state index is 13.0. The van der Waals surface area contributed by atoms with Gasteiger partial charge in [-0.05, 0) is 36.1 Å². The number of ketones is 1. The third kappa shape index (κ3) is 2.36. The second-order valence-electron chi connectivity index (χ2n) is 3.64. The zero-order valence-corrected chi connectivity index (χ0v) is 9.68. The van der Waals surface area contributed by atoms with Gasteiger partial charge in [-0.1, -0.05) is 12.1 Å². The van der Waals surface area contributed by atoms with Crippen LogP contribution in [0.25, 0.3) is 0 Å². The lowest BCUT2D eigenvalue weighted by Gasteiger charge is -2.03. The Labute approximate surface area is 97.6 Å². The number of aryl methyl sites for hydroxylation is 1. The van der Waals surface area contributed by atoms with Gasteiger partial charge < -0.3 is 0 Å². The van der Waals surface area contributed by atoms with E-state index in [1.807, 2.05) is 24.4 Å². The van der Waals surface area contributed by atoms with Crippen LogP contribution in [0.3, 0.4) is 0 Å². The zero-order chi connectivity index (χ0) is 11.5. The Hall–Kier alpha value is -1.48. The third-order valence-electron chi connectivity index (χ3n) is 2.41. The second-order valence-corrected chi connectivity index (χ2v) is 4.67. The first kappa shape index (κ1) is 11.0. The van der Waals surface area contributed by atoms with Gasteiger partial charge in [-0.15, -0.1) is 11.3 Å². The van der Waals surface area contributed by atoms with E-state index < -0.39 is 0 Å². The second kappa shape index (κ2) is 4.58. The molecule has 1 aromatic heterocycles. The molecule has 3 heteroatoms. The van der Waals surface area contributed by atoms with Gasteiger partial charge in [0.05, 0.1) is 0 Å². The number of carbonyl (C=O) groups excluding carboxylic acids is 1. The number of benzene rings is 1. The van der Waals surface area contributed by atoms with Gasteiger partial charge >= 0.3 is 0 Å². The summed E-state index contributed by atoms with van der Waals surface area (Å²) < 4.78 is 13.0. The quantitative estimate of drug-likeness (QED) is 0.741. The molecule has 0 aliphatic heterocycles. The van der Waals surface area contributed by atoms with Crippen molar-refractivity contribution in [1.29, 1.82) is 0 Å². The first-order chi connectivity index (χ1) is 7.66. The van der Waals surface area contributed by atoms with Crippen molar-refractivity contribution < 1.29 is 9.18 Å². The van der Waals surface area contributed by atoms with Crippen LogP contribution in [0, 0.1) is 12.7 Å². The lowest BCUT2D eigenvalue weighted by molar-refractivity contribution is 0.0993. The van der Waals surface area contributed by atoms with Gasteiger partial charge in [0.2, 0.25) is 0 Å². The third-order valence-corrected chi connectivity index (χ3v) is 3.29. The van der Waals surface area contributed by atoms with Crippen LogP contribution in [0.2, 0.25) is 0 Å². The highest BCUT2D eigenvalue weighted by atomic mass is 32.1. The highest BCUT2D eigenvalue weighted by molar-refractivity contribution is 7.10. The fourth-order valence-corrected chi connectivity index (χ4v) is 2.26. The van der Waals surface area contributed by atoms with E-state index in [2.05, 4.69) is 0 Å². The van der Waals surface area contributed by atoms with E-state index in [1.54, 1.807) is 17.4 Å². The molecule has 2 rings (SSSR count). The maximum absolute atomic E-state index is 13.0. The first-order valence-corrected chi connectivity index (χ1v) is 5.86. The van der Waals surface area contributed by atoms with Crippen molar-refractivity contribution in [2.75, 3.05) is 0 Å². The van der Waals surface area contributed by atoms with Crippen LogP contribution in [0.15, 0.2) is 35.7 Å². The maximum Gasteiger partial charge on any atom is 0.168 e. The summed E-state index contributed by atoms with van der Waals surface area (Å²) in [5.74, 6) is -0.389. The van der Waals surface area contributed by atoms with E-state index in [9.17, 15) is 9.18 Å². The SMILES string of the molecule is Cc1ccc(F)cc1C(=O)Cc1cccs1. The lowest BCUT2D eigenvalue weighted by Crippen LogP contribution is -2.05. The zero-order valence-electron chi connectivity index (χ0n) is 8.87. The van der Waals surface area contributed by atoms with Crippen LogP contribution in [0.1, 0.15) is 20.8 Å². The largest absolute Gasteiger partial charge is 0.294 e. The Morgan fingerprint density at radius 3 is 2.88 bits per heavy atom. The standard InChI is InChI=1S/C13H11FOS/c1-9-4-5-10(14)7-12(9)13(15)8-11-3-2-6-16-11/h2-7H,8H2,1H3. The molecule has 1 aromatic carbocycles. The summed E-state index contributed by atoms with van der Waals surface area (Å²) in [5.41, 5.74) is 1.30. The Kier molecular flexibility index (Phi) is 3.15. The van der Waals surface area contributed by atoms with Gasteiger partial charge in [0, 0.05) is 16.9 Å². The van der Waals surface area contributed by atoms with E-state index in [1.165, 1.54) is 12.1 Å². The van der Waals surface area contributed by atoms with Crippen molar-refractivity contribution in [1.82, 2.24) is 0 Å². The van der Waals surface area contributed by atoms with Crippen molar-refractivity contribution in [2.24, 2.45) is 0 Å². The molecule has 0 fully saturated rings. The summed E-state index contributed by atoms with van der Waals surface area (Å²) in [6, 6.07) is 8.14. The lowest BCUT2D eigenvalue weighted by atomic mass is 10.0. The molecule has 0 spiro atoms. The highest BCUT2D eigenvalue weighted by Crippen LogP contribution is 2.16. The Balaban J connectivity index is 2.24. The number of halogens is 1. The molecular weight excluding hydrogens is 223 g/mol. The summed E-state index contributed by atoms with van der Waals surface area (Å²) in [5, 5.41) is 1.93. The van der Waals surface area contributed by atoms with Gasteiger partial charge in [0.1, 0.15) is 5.82 Å². The Morgan fingerprint density at radius 2 is 2.19 bits per heavy atom. The topological polar surface area (TPSA) is 17.1 Å². The molecule has 0 aliphatic rings. The smallest absolute Gasteiger partial charge is 0.168 e. The number of carbonyl (C=O) groups is 1. The van der Waals surface area contributed by atoms with Gasteiger partial charge in [-0.25, -0.2) is 4.39 Å². The van der Waals surface area contributed by atoms with Crippen molar-refractivity contribution in [2.45, 2.75) is 13.3 Å². The van der Waals surface area contributed by atoms with Crippen LogP contribution in [-0.2, 0) is 6.42 Å². The number of rotatable bonds is 3. The molecule has 0 saturated carbocycles. The molecule has 0 saturated heterocycles. The van der Waals surface area contributed by atoms with E-state index in [4.69, 9.17) is 0 Å². The fraction of sp³-hybridized carbons (Fsp3) is 0.154. The molecular formula is C13H11FOS. The average molecular weight is 234 g/mol. The Morgan fingerprint density at radius 1 is 1.38 bits per heavy atom. The average Bonchev–Trinajstić information content (AvgIpc) is 2.74. The van der Waals surface area contributed by atoms with Crippen LogP contribution >= 0.6 is 11.3 Å². The Bertz CT molecular complexity index is 503. The predicted octanol–water partition coefficient (Wildman–Crippen LogP) is 3.62. The molecule has 16 heavy (non-hydrogen) atoms. The fourth-order valence-electron chi connectivity index (χ4n) is 1.56. The number of thiophene rings is 1. The molecule has 82 valence electrons.